The van der Waals surface area contributed by atoms with Crippen molar-refractivity contribution < 1.29 is 9.84 Å². The van der Waals surface area contributed by atoms with Gasteiger partial charge in [0.15, 0.2) is 5.79 Å². The number of fused-ring (bicyclic) bond motifs is 1. The van der Waals surface area contributed by atoms with Crippen LogP contribution in [-0.4, -0.2) is 17.5 Å². The Morgan fingerprint density at radius 1 is 1.43 bits per heavy atom. The molecular formula is C12H20O2. The second-order valence-electron chi connectivity index (χ2n) is 5.67. The summed E-state index contributed by atoms with van der Waals surface area (Å²) in [5.41, 5.74) is 0.135. The van der Waals surface area contributed by atoms with E-state index in [2.05, 4.69) is 20.4 Å². The zero-order chi connectivity index (χ0) is 10.4. The van der Waals surface area contributed by atoms with Crippen molar-refractivity contribution in [3.8, 4) is 0 Å². The molecule has 0 amide bonds. The van der Waals surface area contributed by atoms with E-state index in [4.69, 9.17) is 4.74 Å². The van der Waals surface area contributed by atoms with Crippen molar-refractivity contribution >= 4 is 0 Å². The standard InChI is InChI=1S/C12H20O2/c1-4-5-11-6-7-14-12(11,13)9-10(2,3)8-11/h4,13H,1,5-9H2,2-3H3. The molecule has 0 radical (unpaired) electrons. The van der Waals surface area contributed by atoms with E-state index in [-0.39, 0.29) is 10.8 Å². The van der Waals surface area contributed by atoms with Crippen LogP contribution >= 0.6 is 0 Å². The molecule has 0 aromatic carbocycles. The molecule has 2 unspecified atom stereocenters. The van der Waals surface area contributed by atoms with Gasteiger partial charge in [-0.25, -0.2) is 0 Å². The van der Waals surface area contributed by atoms with Gasteiger partial charge >= 0.3 is 0 Å². The van der Waals surface area contributed by atoms with Crippen molar-refractivity contribution in [2.75, 3.05) is 6.61 Å². The fourth-order valence-electron chi connectivity index (χ4n) is 3.47. The van der Waals surface area contributed by atoms with Crippen molar-refractivity contribution in [1.82, 2.24) is 0 Å². The van der Waals surface area contributed by atoms with Crippen LogP contribution in [0.15, 0.2) is 12.7 Å². The Kier molecular flexibility index (Phi) is 2.06. The maximum atomic E-state index is 10.5. The first-order chi connectivity index (χ1) is 6.43. The maximum Gasteiger partial charge on any atom is 0.171 e. The lowest BCUT2D eigenvalue weighted by Gasteiger charge is -2.33. The summed E-state index contributed by atoms with van der Waals surface area (Å²) in [7, 11) is 0. The zero-order valence-electron chi connectivity index (χ0n) is 9.18. The fraction of sp³-hybridized carbons (Fsp3) is 0.833. The Bertz CT molecular complexity index is 259. The van der Waals surface area contributed by atoms with Crippen molar-refractivity contribution in [3.05, 3.63) is 12.7 Å². The van der Waals surface area contributed by atoms with Crippen LogP contribution in [0.5, 0.6) is 0 Å². The van der Waals surface area contributed by atoms with Crippen molar-refractivity contribution in [2.24, 2.45) is 10.8 Å². The van der Waals surface area contributed by atoms with Crippen molar-refractivity contribution in [1.29, 1.82) is 0 Å². The lowest BCUT2D eigenvalue weighted by Crippen LogP contribution is -2.39. The molecule has 2 aliphatic rings. The summed E-state index contributed by atoms with van der Waals surface area (Å²) >= 11 is 0. The van der Waals surface area contributed by atoms with Crippen LogP contribution in [0.4, 0.5) is 0 Å². The molecule has 80 valence electrons. The minimum absolute atomic E-state index is 0.0573. The molecule has 1 aliphatic carbocycles. The van der Waals surface area contributed by atoms with E-state index >= 15 is 0 Å². The summed E-state index contributed by atoms with van der Waals surface area (Å²) in [6, 6.07) is 0. The molecule has 2 fully saturated rings. The summed E-state index contributed by atoms with van der Waals surface area (Å²) in [5.74, 6) is -0.884. The Morgan fingerprint density at radius 3 is 2.79 bits per heavy atom. The van der Waals surface area contributed by atoms with Crippen LogP contribution < -0.4 is 0 Å². The van der Waals surface area contributed by atoms with Gasteiger partial charge in [-0.1, -0.05) is 19.9 Å². The van der Waals surface area contributed by atoms with Crippen LogP contribution in [0.3, 0.4) is 0 Å². The number of ether oxygens (including phenoxy) is 1. The third kappa shape index (κ3) is 1.24. The zero-order valence-corrected chi connectivity index (χ0v) is 9.18. The maximum absolute atomic E-state index is 10.5. The largest absolute Gasteiger partial charge is 0.365 e. The monoisotopic (exact) mass is 196 g/mol. The Balaban J connectivity index is 2.32. The number of allylic oxidation sites excluding steroid dienone is 1. The molecule has 14 heavy (non-hydrogen) atoms. The van der Waals surface area contributed by atoms with Crippen molar-refractivity contribution in [2.45, 2.75) is 45.3 Å². The highest BCUT2D eigenvalue weighted by Crippen LogP contribution is 2.62. The smallest absolute Gasteiger partial charge is 0.171 e. The predicted molar refractivity (Wildman–Crippen MR) is 55.8 cm³/mol. The lowest BCUT2D eigenvalue weighted by molar-refractivity contribution is -0.213. The molecule has 0 bridgehead atoms. The molecule has 0 aromatic heterocycles. The third-order valence-electron chi connectivity index (χ3n) is 3.82. The molecule has 0 aromatic rings. The normalized spacial score (nSPS) is 45.1. The van der Waals surface area contributed by atoms with Gasteiger partial charge in [-0.15, -0.1) is 6.58 Å². The second kappa shape index (κ2) is 2.83. The number of hydrogen-bond donors (Lipinski definition) is 1. The Morgan fingerprint density at radius 2 is 2.14 bits per heavy atom. The Hall–Kier alpha value is -0.340. The fourth-order valence-corrected chi connectivity index (χ4v) is 3.47. The van der Waals surface area contributed by atoms with Gasteiger partial charge in [0, 0.05) is 11.8 Å². The predicted octanol–water partition coefficient (Wildman–Crippen LogP) is 2.48. The number of hydrogen-bond acceptors (Lipinski definition) is 2. The van der Waals surface area contributed by atoms with Gasteiger partial charge in [0.05, 0.1) is 6.61 Å². The summed E-state index contributed by atoms with van der Waals surface area (Å²) in [4.78, 5) is 0. The molecule has 1 saturated heterocycles. The third-order valence-corrected chi connectivity index (χ3v) is 3.82. The number of rotatable bonds is 2. The lowest BCUT2D eigenvalue weighted by atomic mass is 9.75. The number of aliphatic hydroxyl groups is 1. The van der Waals surface area contributed by atoms with E-state index in [1.807, 2.05) is 6.08 Å². The van der Waals surface area contributed by atoms with Gasteiger partial charge in [0.1, 0.15) is 0 Å². The Labute approximate surface area is 86.0 Å². The average Bonchev–Trinajstić information content (AvgIpc) is 2.34. The SMILES string of the molecule is C=CCC12CCOC1(O)CC(C)(C)C2. The second-order valence-corrected chi connectivity index (χ2v) is 5.67. The molecule has 2 rings (SSSR count). The van der Waals surface area contributed by atoms with Gasteiger partial charge in [-0.2, -0.15) is 0 Å². The van der Waals surface area contributed by atoms with E-state index in [0.717, 1.165) is 25.7 Å². The molecule has 2 heteroatoms. The highest BCUT2D eigenvalue weighted by Gasteiger charge is 2.63. The minimum atomic E-state index is -0.884. The van der Waals surface area contributed by atoms with E-state index in [1.54, 1.807) is 0 Å². The summed E-state index contributed by atoms with van der Waals surface area (Å²) in [6.07, 6.45) is 5.56. The van der Waals surface area contributed by atoms with Crippen LogP contribution in [-0.2, 0) is 4.74 Å². The van der Waals surface area contributed by atoms with Gasteiger partial charge in [0.2, 0.25) is 0 Å². The first-order valence-electron chi connectivity index (χ1n) is 5.40. The topological polar surface area (TPSA) is 29.5 Å². The average molecular weight is 196 g/mol. The van der Waals surface area contributed by atoms with E-state index in [9.17, 15) is 5.11 Å². The van der Waals surface area contributed by atoms with E-state index in [1.165, 1.54) is 0 Å². The van der Waals surface area contributed by atoms with Crippen LogP contribution in [0.25, 0.3) is 0 Å². The van der Waals surface area contributed by atoms with Crippen LogP contribution in [0.2, 0.25) is 0 Å². The minimum Gasteiger partial charge on any atom is -0.365 e. The van der Waals surface area contributed by atoms with Crippen LogP contribution in [0, 0.1) is 10.8 Å². The van der Waals surface area contributed by atoms with Gasteiger partial charge < -0.3 is 9.84 Å². The summed E-state index contributed by atoms with van der Waals surface area (Å²) in [6.45, 7) is 8.90. The molecule has 0 spiro atoms. The van der Waals surface area contributed by atoms with Gasteiger partial charge in [-0.3, -0.25) is 0 Å². The first-order valence-corrected chi connectivity index (χ1v) is 5.40. The quantitative estimate of drug-likeness (QED) is 0.687. The molecule has 1 heterocycles. The van der Waals surface area contributed by atoms with E-state index in [0.29, 0.717) is 6.61 Å². The van der Waals surface area contributed by atoms with Gasteiger partial charge in [-0.05, 0) is 24.7 Å². The molecular weight excluding hydrogens is 176 g/mol. The highest BCUT2D eigenvalue weighted by atomic mass is 16.6. The summed E-state index contributed by atoms with van der Waals surface area (Å²) in [5, 5.41) is 10.5. The first kappa shape index (κ1) is 10.2. The molecule has 2 atom stereocenters. The highest BCUT2D eigenvalue weighted by molar-refractivity contribution is 5.09. The molecule has 1 saturated carbocycles. The molecule has 1 N–H and O–H groups in total. The van der Waals surface area contributed by atoms with E-state index < -0.39 is 5.79 Å². The van der Waals surface area contributed by atoms with Crippen LogP contribution in [0.1, 0.15) is 39.5 Å². The van der Waals surface area contributed by atoms with Gasteiger partial charge in [0.25, 0.3) is 0 Å². The molecule has 1 aliphatic heterocycles. The molecule has 2 nitrogen and oxygen atoms in total. The van der Waals surface area contributed by atoms with Crippen molar-refractivity contribution in [3.63, 3.8) is 0 Å². The summed E-state index contributed by atoms with van der Waals surface area (Å²) < 4.78 is 5.56.